The predicted octanol–water partition coefficient (Wildman–Crippen LogP) is 3.51. The molecule has 1 aromatic carbocycles. The number of halogens is 1. The first-order valence-corrected chi connectivity index (χ1v) is 8.10. The number of fused-ring (bicyclic) bond motifs is 1. The highest BCUT2D eigenvalue weighted by atomic mass is 35.5. The lowest BCUT2D eigenvalue weighted by molar-refractivity contribution is 0.315. The Hall–Kier alpha value is -0.380. The number of benzene rings is 1. The summed E-state index contributed by atoms with van der Waals surface area (Å²) in [6.07, 6.45) is 2.22. The van der Waals surface area contributed by atoms with Gasteiger partial charge in [-0.25, -0.2) is 0 Å². The monoisotopic (exact) mass is 283 g/mol. The van der Waals surface area contributed by atoms with Crippen LogP contribution in [0.2, 0.25) is 5.02 Å². The highest BCUT2D eigenvalue weighted by molar-refractivity contribution is 8.00. The zero-order valence-electron chi connectivity index (χ0n) is 10.3. The van der Waals surface area contributed by atoms with Crippen LogP contribution in [0, 0.1) is 5.92 Å². The van der Waals surface area contributed by atoms with Crippen molar-refractivity contribution in [2.24, 2.45) is 5.92 Å². The van der Waals surface area contributed by atoms with Gasteiger partial charge in [-0.2, -0.15) is 11.8 Å². The van der Waals surface area contributed by atoms with Crippen LogP contribution in [0.5, 0.6) is 5.75 Å². The molecule has 0 aromatic heterocycles. The summed E-state index contributed by atoms with van der Waals surface area (Å²) in [5, 5.41) is 4.43. The third-order valence-electron chi connectivity index (χ3n) is 3.62. The average Bonchev–Trinajstić information content (AvgIpc) is 2.51. The molecule has 0 aliphatic carbocycles. The summed E-state index contributed by atoms with van der Waals surface area (Å²) in [5.41, 5.74) is 1.23. The molecule has 4 heteroatoms. The fourth-order valence-corrected chi connectivity index (χ4v) is 3.53. The Morgan fingerprint density at radius 2 is 2.28 bits per heavy atom. The average molecular weight is 284 g/mol. The summed E-state index contributed by atoms with van der Waals surface area (Å²) in [7, 11) is 0. The van der Waals surface area contributed by atoms with Gasteiger partial charge in [0.2, 0.25) is 0 Å². The minimum absolute atomic E-state index is 0.395. The molecule has 0 saturated carbocycles. The fraction of sp³-hybridized carbons (Fsp3) is 0.571. The van der Waals surface area contributed by atoms with Crippen LogP contribution in [-0.4, -0.2) is 24.7 Å². The molecule has 1 N–H and O–H groups in total. The van der Waals surface area contributed by atoms with Crippen molar-refractivity contribution in [2.75, 3.05) is 24.7 Å². The van der Waals surface area contributed by atoms with E-state index in [4.69, 9.17) is 16.3 Å². The van der Waals surface area contributed by atoms with Gasteiger partial charge in [-0.05, 0) is 36.3 Å². The molecule has 2 heterocycles. The van der Waals surface area contributed by atoms with Gasteiger partial charge >= 0.3 is 0 Å². The molecule has 98 valence electrons. The summed E-state index contributed by atoms with van der Waals surface area (Å²) in [6, 6.07) is 6.46. The molecule has 2 nitrogen and oxygen atoms in total. The molecule has 2 aliphatic rings. The van der Waals surface area contributed by atoms with Crippen LogP contribution >= 0.6 is 23.4 Å². The van der Waals surface area contributed by atoms with Crippen LogP contribution in [0.4, 0.5) is 0 Å². The van der Waals surface area contributed by atoms with Crippen molar-refractivity contribution in [3.05, 3.63) is 28.8 Å². The van der Waals surface area contributed by atoms with Crippen molar-refractivity contribution in [3.63, 3.8) is 0 Å². The van der Waals surface area contributed by atoms with E-state index < -0.39 is 0 Å². The maximum Gasteiger partial charge on any atom is 0.142 e. The molecule has 1 atom stereocenters. The highest BCUT2D eigenvalue weighted by Crippen LogP contribution is 2.37. The number of para-hydroxylation sites is 1. The van der Waals surface area contributed by atoms with E-state index in [0.29, 0.717) is 6.04 Å². The zero-order chi connectivity index (χ0) is 12.4. The normalized spacial score (nSPS) is 23.7. The van der Waals surface area contributed by atoms with Gasteiger partial charge in [-0.15, -0.1) is 0 Å². The lowest BCUT2D eigenvalue weighted by Crippen LogP contribution is -2.33. The summed E-state index contributed by atoms with van der Waals surface area (Å²) in [5.74, 6) is 4.34. The largest absolute Gasteiger partial charge is 0.492 e. The number of rotatable bonds is 3. The SMILES string of the molecule is Clc1cccc2c1OCCCC2NCC1CSC1. The molecular formula is C14H18ClNOS. The number of hydrogen-bond donors (Lipinski definition) is 1. The minimum Gasteiger partial charge on any atom is -0.492 e. The standard InChI is InChI=1S/C14H18ClNOS/c15-12-4-1-3-11-13(5-2-6-17-14(11)12)16-7-10-8-18-9-10/h1,3-4,10,13,16H,2,5-9H2. The third kappa shape index (κ3) is 2.63. The van der Waals surface area contributed by atoms with Crippen molar-refractivity contribution < 1.29 is 4.74 Å². The van der Waals surface area contributed by atoms with E-state index in [1.807, 2.05) is 23.9 Å². The predicted molar refractivity (Wildman–Crippen MR) is 77.7 cm³/mol. The second-order valence-corrected chi connectivity index (χ2v) is 6.50. The first-order valence-electron chi connectivity index (χ1n) is 6.57. The van der Waals surface area contributed by atoms with E-state index in [2.05, 4.69) is 11.4 Å². The Kier molecular flexibility index (Phi) is 4.02. The molecular weight excluding hydrogens is 266 g/mol. The summed E-state index contributed by atoms with van der Waals surface area (Å²) in [4.78, 5) is 0. The smallest absolute Gasteiger partial charge is 0.142 e. The van der Waals surface area contributed by atoms with Crippen LogP contribution in [0.15, 0.2) is 18.2 Å². The molecule has 0 bridgehead atoms. The van der Waals surface area contributed by atoms with Crippen LogP contribution in [0.1, 0.15) is 24.4 Å². The topological polar surface area (TPSA) is 21.3 Å². The first-order chi connectivity index (χ1) is 8.84. The van der Waals surface area contributed by atoms with Gasteiger partial charge in [0.15, 0.2) is 0 Å². The van der Waals surface area contributed by atoms with E-state index in [-0.39, 0.29) is 0 Å². The van der Waals surface area contributed by atoms with E-state index in [1.54, 1.807) is 0 Å². The van der Waals surface area contributed by atoms with Crippen LogP contribution in [0.25, 0.3) is 0 Å². The quantitative estimate of drug-likeness (QED) is 0.917. The number of hydrogen-bond acceptors (Lipinski definition) is 3. The molecule has 2 aliphatic heterocycles. The van der Waals surface area contributed by atoms with E-state index >= 15 is 0 Å². The van der Waals surface area contributed by atoms with Gasteiger partial charge in [0.1, 0.15) is 5.75 Å². The number of nitrogens with one attached hydrogen (secondary N) is 1. The Morgan fingerprint density at radius 3 is 3.06 bits per heavy atom. The second-order valence-electron chi connectivity index (χ2n) is 5.01. The van der Waals surface area contributed by atoms with Gasteiger partial charge in [0.05, 0.1) is 11.6 Å². The molecule has 3 rings (SSSR count). The Bertz CT molecular complexity index is 422. The summed E-state index contributed by atoms with van der Waals surface area (Å²) < 4.78 is 5.78. The molecule has 1 aromatic rings. The van der Waals surface area contributed by atoms with Gasteiger partial charge in [-0.3, -0.25) is 0 Å². The van der Waals surface area contributed by atoms with Gasteiger partial charge in [-0.1, -0.05) is 23.7 Å². The lowest BCUT2D eigenvalue weighted by atomic mass is 10.0. The van der Waals surface area contributed by atoms with Gasteiger partial charge in [0.25, 0.3) is 0 Å². The first kappa shape index (κ1) is 12.6. The Labute approximate surface area is 117 Å². The van der Waals surface area contributed by atoms with Crippen LogP contribution in [0.3, 0.4) is 0 Å². The molecule has 0 radical (unpaired) electrons. The highest BCUT2D eigenvalue weighted by Gasteiger charge is 2.24. The van der Waals surface area contributed by atoms with E-state index in [9.17, 15) is 0 Å². The molecule has 18 heavy (non-hydrogen) atoms. The zero-order valence-corrected chi connectivity index (χ0v) is 11.9. The molecule has 1 saturated heterocycles. The molecule has 1 fully saturated rings. The van der Waals surface area contributed by atoms with Crippen molar-refractivity contribution in [3.8, 4) is 5.75 Å². The third-order valence-corrected chi connectivity index (χ3v) is 5.33. The second kappa shape index (κ2) is 5.72. The van der Waals surface area contributed by atoms with Crippen molar-refractivity contribution in [1.29, 1.82) is 0 Å². The van der Waals surface area contributed by atoms with Crippen LogP contribution in [-0.2, 0) is 0 Å². The summed E-state index contributed by atoms with van der Waals surface area (Å²) >= 11 is 8.26. The van der Waals surface area contributed by atoms with E-state index in [0.717, 1.165) is 42.7 Å². The molecule has 1 unspecified atom stereocenters. The lowest BCUT2D eigenvalue weighted by Gasteiger charge is -2.28. The minimum atomic E-state index is 0.395. The van der Waals surface area contributed by atoms with Crippen molar-refractivity contribution >= 4 is 23.4 Å². The number of thioether (sulfide) groups is 1. The number of ether oxygens (including phenoxy) is 1. The Morgan fingerprint density at radius 1 is 1.39 bits per heavy atom. The molecule has 0 spiro atoms. The summed E-state index contributed by atoms with van der Waals surface area (Å²) in [6.45, 7) is 1.89. The van der Waals surface area contributed by atoms with Crippen molar-refractivity contribution in [2.45, 2.75) is 18.9 Å². The maximum atomic E-state index is 6.23. The van der Waals surface area contributed by atoms with Gasteiger partial charge in [0, 0.05) is 18.2 Å². The maximum absolute atomic E-state index is 6.23. The van der Waals surface area contributed by atoms with Crippen LogP contribution < -0.4 is 10.1 Å². The Balaban J connectivity index is 1.75. The fourth-order valence-electron chi connectivity index (χ4n) is 2.49. The van der Waals surface area contributed by atoms with E-state index in [1.165, 1.54) is 17.1 Å². The van der Waals surface area contributed by atoms with Crippen molar-refractivity contribution in [1.82, 2.24) is 5.32 Å². The molecule has 0 amide bonds. The van der Waals surface area contributed by atoms with Gasteiger partial charge < -0.3 is 10.1 Å².